The van der Waals surface area contributed by atoms with E-state index in [-0.39, 0.29) is 27.3 Å². The summed E-state index contributed by atoms with van der Waals surface area (Å²) in [6, 6.07) is 0. The minimum absolute atomic E-state index is 0. The summed E-state index contributed by atoms with van der Waals surface area (Å²) in [5, 5.41) is 0. The Morgan fingerprint density at radius 2 is 1.08 bits per heavy atom. The molecule has 0 aromatic heterocycles. The molecule has 0 aliphatic carbocycles. The van der Waals surface area contributed by atoms with Gasteiger partial charge < -0.3 is 12.2 Å². The first-order valence-corrected chi connectivity index (χ1v) is 4.54. The fraction of sp³-hybridized carbons (Fsp3) is 0.667. The molecule has 0 saturated carbocycles. The van der Waals surface area contributed by atoms with E-state index in [1.54, 1.807) is 0 Å². The number of rotatable bonds is 4. The zero-order valence-electron chi connectivity index (χ0n) is 9.69. The van der Waals surface area contributed by atoms with E-state index < -0.39 is 0 Å². The molecule has 0 radical (unpaired) electrons. The third kappa shape index (κ3) is 32.7. The Kier molecular flexibility index (Phi) is 21.8. The molecule has 0 atom stereocenters. The first-order valence-electron chi connectivity index (χ1n) is 4.54. The van der Waals surface area contributed by atoms with Gasteiger partial charge in [-0.05, 0) is 0 Å². The molecule has 0 aliphatic rings. The summed E-state index contributed by atoms with van der Waals surface area (Å²) >= 11 is 0. The van der Waals surface area contributed by atoms with Crippen molar-refractivity contribution in [3.05, 3.63) is 25.3 Å². The Hall–Kier alpha value is 0.402. The largest absolute Gasteiger partial charge is 2.00 e. The molecule has 0 rings (SSSR count). The maximum atomic E-state index is 3.48. The fourth-order valence-electron chi connectivity index (χ4n) is 0.577. The van der Waals surface area contributed by atoms with Gasteiger partial charge in [0.05, 0.1) is 0 Å². The average molecular weight is 279 g/mol. The van der Waals surface area contributed by atoms with Crippen LogP contribution in [0.1, 0.15) is 40.5 Å². The molecule has 0 nitrogen and oxygen atoms in total. The maximum absolute atomic E-state index is 3.48. The summed E-state index contributed by atoms with van der Waals surface area (Å²) < 4.78 is 0. The molecule has 0 saturated heterocycles. The second-order valence-electron chi connectivity index (χ2n) is 3.70. The van der Waals surface area contributed by atoms with Crippen LogP contribution in [-0.2, 0) is 27.3 Å². The van der Waals surface area contributed by atoms with Crippen LogP contribution < -0.4 is 0 Å². The number of allylic oxidation sites excluding steroid dienone is 2. The van der Waals surface area contributed by atoms with E-state index in [4.69, 9.17) is 0 Å². The topological polar surface area (TPSA) is 0 Å². The number of hydrogen-bond donors (Lipinski definition) is 0. The average Bonchev–Trinajstić information content (AvgIpc) is 1.87. The van der Waals surface area contributed by atoms with Crippen LogP contribution in [0.3, 0.4) is 0 Å². The molecule has 0 fully saturated rings. The van der Waals surface area contributed by atoms with Crippen LogP contribution in [0.25, 0.3) is 0 Å². The van der Waals surface area contributed by atoms with E-state index >= 15 is 0 Å². The van der Waals surface area contributed by atoms with Gasteiger partial charge in [0.2, 0.25) is 0 Å². The van der Waals surface area contributed by atoms with Gasteiger partial charge in [-0.15, -0.1) is 0 Å². The second-order valence-corrected chi connectivity index (χ2v) is 3.70. The van der Waals surface area contributed by atoms with Gasteiger partial charge in [0, 0.05) is 0 Å². The third-order valence-corrected chi connectivity index (χ3v) is 1.11. The standard InChI is InChI=1S/2C6H11.Cd/c2*1-4-5-6(2)3;/h2*6H,1,5H2,2-3H3;/q2*-1;+2. The van der Waals surface area contributed by atoms with E-state index in [2.05, 4.69) is 53.0 Å². The van der Waals surface area contributed by atoms with Crippen molar-refractivity contribution in [3.8, 4) is 0 Å². The van der Waals surface area contributed by atoms with Gasteiger partial charge in [0.25, 0.3) is 0 Å². The van der Waals surface area contributed by atoms with Gasteiger partial charge in [-0.2, -0.15) is 12.8 Å². The molecule has 0 heterocycles. The molecule has 0 amide bonds. The van der Waals surface area contributed by atoms with Crippen molar-refractivity contribution in [1.82, 2.24) is 0 Å². The van der Waals surface area contributed by atoms with E-state index in [0.717, 1.165) is 24.7 Å². The summed E-state index contributed by atoms with van der Waals surface area (Å²) in [7, 11) is 0. The van der Waals surface area contributed by atoms with Crippen LogP contribution in [0.15, 0.2) is 13.2 Å². The van der Waals surface area contributed by atoms with Crippen molar-refractivity contribution >= 4 is 0 Å². The molecule has 1 heteroatoms. The molecule has 0 aromatic carbocycles. The normalized spacial score (nSPS) is 8.46. The molecule has 13 heavy (non-hydrogen) atoms. The van der Waals surface area contributed by atoms with Gasteiger partial charge in [-0.25, -0.2) is 0 Å². The minimum Gasteiger partial charge on any atom is -0.504 e. The molecular weight excluding hydrogens is 257 g/mol. The zero-order chi connectivity index (χ0) is 9.98. The predicted molar refractivity (Wildman–Crippen MR) is 56.7 cm³/mol. The molecule has 0 aliphatic heterocycles. The molecule has 0 aromatic rings. The predicted octanol–water partition coefficient (Wildman–Crippen LogP) is 4.04. The van der Waals surface area contributed by atoms with E-state index in [9.17, 15) is 0 Å². The maximum Gasteiger partial charge on any atom is 2.00 e. The van der Waals surface area contributed by atoms with Gasteiger partial charge in [-0.3, -0.25) is 13.2 Å². The van der Waals surface area contributed by atoms with E-state index in [1.165, 1.54) is 0 Å². The molecule has 0 spiro atoms. The molecular formula is C12H22Cd. The quantitative estimate of drug-likeness (QED) is 0.538. The van der Waals surface area contributed by atoms with Crippen LogP contribution in [-0.4, -0.2) is 0 Å². The summed E-state index contributed by atoms with van der Waals surface area (Å²) in [5.74, 6) is 1.45. The van der Waals surface area contributed by atoms with Gasteiger partial charge >= 0.3 is 27.3 Å². The zero-order valence-corrected chi connectivity index (χ0v) is 13.7. The molecule has 0 N–H and O–H groups in total. The second kappa shape index (κ2) is 14.9. The van der Waals surface area contributed by atoms with Gasteiger partial charge in [0.15, 0.2) is 0 Å². The Labute approximate surface area is 105 Å². The minimum atomic E-state index is 0. The van der Waals surface area contributed by atoms with Crippen molar-refractivity contribution in [1.29, 1.82) is 0 Å². The fourth-order valence-corrected chi connectivity index (χ4v) is 0.577. The molecule has 72 valence electrons. The van der Waals surface area contributed by atoms with Crippen molar-refractivity contribution in [2.24, 2.45) is 11.8 Å². The smallest absolute Gasteiger partial charge is 0.504 e. The summed E-state index contributed by atoms with van der Waals surface area (Å²) in [5.41, 5.74) is 0. The van der Waals surface area contributed by atoms with Crippen LogP contribution in [0.4, 0.5) is 0 Å². The van der Waals surface area contributed by atoms with Crippen LogP contribution in [0.2, 0.25) is 0 Å². The van der Waals surface area contributed by atoms with E-state index in [0.29, 0.717) is 0 Å². The monoisotopic (exact) mass is 280 g/mol. The molecule has 0 unspecified atom stereocenters. The van der Waals surface area contributed by atoms with Gasteiger partial charge in [0.1, 0.15) is 0 Å². The van der Waals surface area contributed by atoms with Gasteiger partial charge in [-0.1, -0.05) is 39.5 Å². The Balaban J connectivity index is -0.000000143. The van der Waals surface area contributed by atoms with Crippen LogP contribution in [0, 0.1) is 24.0 Å². The number of hydrogen-bond acceptors (Lipinski definition) is 0. The van der Waals surface area contributed by atoms with Crippen molar-refractivity contribution < 1.29 is 27.3 Å². The van der Waals surface area contributed by atoms with Crippen molar-refractivity contribution in [3.63, 3.8) is 0 Å². The first-order chi connectivity index (χ1) is 5.54. The third-order valence-electron chi connectivity index (χ3n) is 1.11. The molecule has 0 bridgehead atoms. The van der Waals surface area contributed by atoms with Crippen molar-refractivity contribution in [2.75, 3.05) is 0 Å². The van der Waals surface area contributed by atoms with Crippen LogP contribution in [0.5, 0.6) is 0 Å². The first kappa shape index (κ1) is 19.1. The van der Waals surface area contributed by atoms with E-state index in [1.807, 2.05) is 0 Å². The van der Waals surface area contributed by atoms with Crippen molar-refractivity contribution in [2.45, 2.75) is 40.5 Å². The summed E-state index contributed by atoms with van der Waals surface area (Å²) in [6.45, 7) is 15.6. The Bertz CT molecular complexity index is 89.7. The SMILES string of the molecule is C=[C-]CC(C)C.C=[C-]CC(C)C.[Cd+2]. The Morgan fingerprint density at radius 1 is 0.846 bits per heavy atom. The summed E-state index contributed by atoms with van der Waals surface area (Å²) in [4.78, 5) is 0. The summed E-state index contributed by atoms with van der Waals surface area (Å²) in [6.07, 6.45) is 7.66. The Morgan fingerprint density at radius 3 is 1.08 bits per heavy atom. The van der Waals surface area contributed by atoms with Crippen LogP contribution >= 0.6 is 0 Å².